The van der Waals surface area contributed by atoms with Crippen LogP contribution in [0.4, 0.5) is 0 Å². The summed E-state index contributed by atoms with van der Waals surface area (Å²) in [5, 5.41) is 0. The number of thiol groups is 1. The van der Waals surface area contributed by atoms with Crippen molar-refractivity contribution in [2.45, 2.75) is 25.5 Å². The predicted octanol–water partition coefficient (Wildman–Crippen LogP) is 0.662. The van der Waals surface area contributed by atoms with Crippen LogP contribution in [0.3, 0.4) is 0 Å². The summed E-state index contributed by atoms with van der Waals surface area (Å²) < 4.78 is 25.2. The minimum atomic E-state index is -3.15. The van der Waals surface area contributed by atoms with Crippen LogP contribution in [0, 0.1) is 0 Å². The Morgan fingerprint density at radius 1 is 1.12 bits per heavy atom. The Morgan fingerprint density at radius 2 is 1.62 bits per heavy atom. The van der Waals surface area contributed by atoms with Gasteiger partial charge in [0.15, 0.2) is 0 Å². The van der Waals surface area contributed by atoms with Crippen molar-refractivity contribution in [1.82, 2.24) is 9.21 Å². The van der Waals surface area contributed by atoms with Crippen LogP contribution >= 0.6 is 12.6 Å². The zero-order chi connectivity index (χ0) is 12.4. The van der Waals surface area contributed by atoms with Crippen molar-refractivity contribution in [3.05, 3.63) is 0 Å². The van der Waals surface area contributed by atoms with E-state index in [9.17, 15) is 8.42 Å². The molecule has 1 fully saturated rings. The lowest BCUT2D eigenvalue weighted by molar-refractivity contribution is 0.195. The van der Waals surface area contributed by atoms with Crippen molar-refractivity contribution in [2.24, 2.45) is 0 Å². The van der Waals surface area contributed by atoms with Gasteiger partial charge in [-0.25, -0.2) is 8.42 Å². The van der Waals surface area contributed by atoms with Gasteiger partial charge < -0.3 is 0 Å². The summed E-state index contributed by atoms with van der Waals surface area (Å²) in [6.07, 6.45) is 0. The van der Waals surface area contributed by atoms with Gasteiger partial charge in [0.05, 0.1) is 4.75 Å². The van der Waals surface area contributed by atoms with Crippen LogP contribution < -0.4 is 0 Å². The number of rotatable bonds is 3. The Balaban J connectivity index is 2.61. The summed E-state index contributed by atoms with van der Waals surface area (Å²) in [5.74, 6) is 0.825. The van der Waals surface area contributed by atoms with Crippen molar-refractivity contribution in [3.8, 4) is 0 Å². The number of sulfonamides is 1. The first-order valence-corrected chi connectivity index (χ1v) is 7.69. The molecule has 1 heterocycles. The molecule has 0 aromatic heterocycles. The lowest BCUT2D eigenvalue weighted by atomic mass is 10.3. The molecule has 0 aromatic carbocycles. The average molecular weight is 266 g/mol. The molecular formula is C10H22N2O2S2. The highest BCUT2D eigenvalue weighted by molar-refractivity contribution is 7.90. The molecule has 1 aliphatic heterocycles. The SMILES string of the molecule is CC(C)(C)S(=O)(=O)N1CCN(CCS)CC1. The van der Waals surface area contributed by atoms with E-state index in [1.807, 2.05) is 0 Å². The van der Waals surface area contributed by atoms with Crippen LogP contribution in [0.25, 0.3) is 0 Å². The third-order valence-corrected chi connectivity index (χ3v) is 5.65. The van der Waals surface area contributed by atoms with Crippen molar-refractivity contribution in [3.63, 3.8) is 0 Å². The number of nitrogens with zero attached hydrogens (tertiary/aromatic N) is 2. The minimum Gasteiger partial charge on any atom is -0.300 e. The predicted molar refractivity (Wildman–Crippen MR) is 70.5 cm³/mol. The average Bonchev–Trinajstić information content (AvgIpc) is 2.17. The monoisotopic (exact) mass is 266 g/mol. The molecule has 0 radical (unpaired) electrons. The number of hydrogen-bond donors (Lipinski definition) is 1. The van der Waals surface area contributed by atoms with E-state index in [1.54, 1.807) is 25.1 Å². The molecule has 1 aliphatic rings. The van der Waals surface area contributed by atoms with E-state index < -0.39 is 14.8 Å². The molecule has 0 spiro atoms. The molecule has 0 amide bonds. The van der Waals surface area contributed by atoms with E-state index in [1.165, 1.54) is 0 Å². The maximum atomic E-state index is 12.2. The Labute approximate surface area is 104 Å². The summed E-state index contributed by atoms with van der Waals surface area (Å²) in [5.41, 5.74) is 0. The molecule has 0 unspecified atom stereocenters. The first-order chi connectivity index (χ1) is 7.29. The molecule has 0 bridgehead atoms. The van der Waals surface area contributed by atoms with Crippen LogP contribution in [0.15, 0.2) is 0 Å². The van der Waals surface area contributed by atoms with Gasteiger partial charge in [-0.05, 0) is 20.8 Å². The highest BCUT2D eigenvalue weighted by Crippen LogP contribution is 2.21. The first-order valence-electron chi connectivity index (χ1n) is 5.62. The quantitative estimate of drug-likeness (QED) is 0.763. The Morgan fingerprint density at radius 3 is 2.00 bits per heavy atom. The van der Waals surface area contributed by atoms with E-state index in [0.717, 1.165) is 25.4 Å². The second kappa shape index (κ2) is 5.25. The second-order valence-corrected chi connectivity index (χ2v) is 8.22. The fourth-order valence-corrected chi connectivity index (χ4v) is 3.42. The largest absolute Gasteiger partial charge is 0.300 e. The molecule has 1 rings (SSSR count). The topological polar surface area (TPSA) is 40.6 Å². The number of piperazine rings is 1. The van der Waals surface area contributed by atoms with Gasteiger partial charge in [0, 0.05) is 38.5 Å². The summed E-state index contributed by atoms with van der Waals surface area (Å²) in [7, 11) is -3.15. The molecular weight excluding hydrogens is 244 g/mol. The smallest absolute Gasteiger partial charge is 0.219 e. The van der Waals surface area contributed by atoms with Gasteiger partial charge in [-0.2, -0.15) is 16.9 Å². The minimum absolute atomic E-state index is 0.605. The van der Waals surface area contributed by atoms with Gasteiger partial charge in [-0.3, -0.25) is 4.90 Å². The van der Waals surface area contributed by atoms with Crippen molar-refractivity contribution in [1.29, 1.82) is 0 Å². The molecule has 0 saturated carbocycles. The highest BCUT2D eigenvalue weighted by Gasteiger charge is 2.36. The zero-order valence-electron chi connectivity index (χ0n) is 10.3. The maximum Gasteiger partial charge on any atom is 0.219 e. The van der Waals surface area contributed by atoms with Gasteiger partial charge in [0.1, 0.15) is 0 Å². The maximum absolute atomic E-state index is 12.2. The molecule has 16 heavy (non-hydrogen) atoms. The van der Waals surface area contributed by atoms with Crippen LogP contribution in [0.5, 0.6) is 0 Å². The molecule has 0 atom stereocenters. The van der Waals surface area contributed by atoms with Crippen LogP contribution in [-0.4, -0.2) is 60.8 Å². The summed E-state index contributed by atoms with van der Waals surface area (Å²) in [6, 6.07) is 0. The van der Waals surface area contributed by atoms with Crippen molar-refractivity contribution >= 4 is 22.7 Å². The Bertz CT molecular complexity index is 314. The van der Waals surface area contributed by atoms with Gasteiger partial charge in [0.2, 0.25) is 10.0 Å². The van der Waals surface area contributed by atoms with E-state index in [-0.39, 0.29) is 0 Å². The van der Waals surface area contributed by atoms with Crippen molar-refractivity contribution < 1.29 is 8.42 Å². The summed E-state index contributed by atoms with van der Waals surface area (Å²) >= 11 is 4.18. The molecule has 6 heteroatoms. The van der Waals surface area contributed by atoms with Crippen LogP contribution in [0.1, 0.15) is 20.8 Å². The van der Waals surface area contributed by atoms with Crippen molar-refractivity contribution in [2.75, 3.05) is 38.5 Å². The Kier molecular flexibility index (Phi) is 4.68. The lowest BCUT2D eigenvalue weighted by Gasteiger charge is -2.37. The summed E-state index contributed by atoms with van der Waals surface area (Å²) in [6.45, 7) is 9.03. The van der Waals surface area contributed by atoms with E-state index in [0.29, 0.717) is 13.1 Å². The first kappa shape index (κ1) is 14.3. The molecule has 0 aliphatic carbocycles. The van der Waals surface area contributed by atoms with E-state index in [2.05, 4.69) is 17.5 Å². The second-order valence-electron chi connectivity index (χ2n) is 5.08. The standard InChI is InChI=1S/C10H22N2O2S2/c1-10(2,3)16(13,14)12-6-4-11(5-7-12)8-9-15/h15H,4-9H2,1-3H3. The fourth-order valence-electron chi connectivity index (χ4n) is 1.72. The Hall–Kier alpha value is 0.220. The van der Waals surface area contributed by atoms with Gasteiger partial charge >= 0.3 is 0 Å². The van der Waals surface area contributed by atoms with Gasteiger partial charge in [-0.1, -0.05) is 0 Å². The lowest BCUT2D eigenvalue weighted by Crippen LogP contribution is -2.53. The normalized spacial score (nSPS) is 21.2. The molecule has 0 N–H and O–H groups in total. The van der Waals surface area contributed by atoms with Crippen LogP contribution in [-0.2, 0) is 10.0 Å². The molecule has 0 aromatic rings. The highest BCUT2D eigenvalue weighted by atomic mass is 32.2. The van der Waals surface area contributed by atoms with Gasteiger partial charge in [0.25, 0.3) is 0 Å². The fraction of sp³-hybridized carbons (Fsp3) is 1.00. The van der Waals surface area contributed by atoms with Gasteiger partial charge in [-0.15, -0.1) is 0 Å². The summed E-state index contributed by atoms with van der Waals surface area (Å²) in [4.78, 5) is 2.25. The van der Waals surface area contributed by atoms with Crippen LogP contribution in [0.2, 0.25) is 0 Å². The number of hydrogen-bond acceptors (Lipinski definition) is 4. The zero-order valence-corrected chi connectivity index (χ0v) is 12.0. The third kappa shape index (κ3) is 3.12. The molecule has 4 nitrogen and oxygen atoms in total. The molecule has 1 saturated heterocycles. The third-order valence-electron chi connectivity index (χ3n) is 2.86. The van der Waals surface area contributed by atoms with E-state index in [4.69, 9.17) is 0 Å². The molecule has 96 valence electrons. The van der Waals surface area contributed by atoms with E-state index >= 15 is 0 Å².